The van der Waals surface area contributed by atoms with E-state index in [9.17, 15) is 33.2 Å². The van der Waals surface area contributed by atoms with E-state index in [1.54, 1.807) is 79.7 Å². The molecule has 0 unspecified atom stereocenters. The van der Waals surface area contributed by atoms with E-state index in [0.717, 1.165) is 52.2 Å². The number of aromatic amines is 1. The van der Waals surface area contributed by atoms with Crippen molar-refractivity contribution >= 4 is 78.4 Å². The third-order valence-corrected chi connectivity index (χ3v) is 14.7. The van der Waals surface area contributed by atoms with E-state index in [1.165, 1.54) is 16.8 Å². The number of ketones is 6. The van der Waals surface area contributed by atoms with Crippen LogP contribution in [0.5, 0.6) is 0 Å². The smallest absolute Gasteiger partial charge is 0.195 e. The predicted molar refractivity (Wildman–Crippen MR) is 272 cm³/mol. The van der Waals surface area contributed by atoms with Crippen LogP contribution < -0.4 is 0 Å². The van der Waals surface area contributed by atoms with Gasteiger partial charge in [0, 0.05) is 79.7 Å². The predicted octanol–water partition coefficient (Wildman–Crippen LogP) is 12.2. The highest BCUT2D eigenvalue weighted by Gasteiger charge is 2.30. The molecule has 0 radical (unpaired) electrons. The lowest BCUT2D eigenvalue weighted by atomic mass is 9.84. The van der Waals surface area contributed by atoms with E-state index < -0.39 is 0 Å². The summed E-state index contributed by atoms with van der Waals surface area (Å²) < 4.78 is 20.1. The molecule has 0 aliphatic heterocycles. The normalized spacial score (nSPS) is 15.9. The minimum Gasteiger partial charge on any atom is -0.441 e. The number of para-hydroxylation sites is 3. The minimum atomic E-state index is -0.303. The Bertz CT molecular complexity index is 3150. The zero-order valence-corrected chi connectivity index (χ0v) is 42.0. The number of H-pyrrole nitrogens is 1. The molecule has 3 aromatic heterocycles. The Morgan fingerprint density at radius 3 is 1.47 bits per heavy atom. The molecule has 0 atom stereocenters. The van der Waals surface area contributed by atoms with Gasteiger partial charge in [-0.1, -0.05) is 24.3 Å². The number of hydrogen-bond donors (Lipinski definition) is 1. The van der Waals surface area contributed by atoms with Crippen LogP contribution in [0, 0.1) is 5.82 Å². The molecule has 0 saturated carbocycles. The second kappa shape index (κ2) is 21.7. The van der Waals surface area contributed by atoms with E-state index in [0.29, 0.717) is 117 Å². The number of benzene rings is 3. The fourth-order valence-electron chi connectivity index (χ4n) is 8.84. The lowest BCUT2D eigenvalue weighted by Gasteiger charge is -2.18. The molecule has 0 spiro atoms. The third-order valence-electron chi connectivity index (χ3n) is 13.6. The number of aromatic nitrogens is 4. The summed E-state index contributed by atoms with van der Waals surface area (Å²) in [6, 6.07) is 20.2. The van der Waals surface area contributed by atoms with Crippen LogP contribution in [0.1, 0.15) is 118 Å². The van der Waals surface area contributed by atoms with Crippen molar-refractivity contribution in [2.75, 3.05) is 0 Å². The van der Waals surface area contributed by atoms with Crippen molar-refractivity contribution in [2.24, 2.45) is 0 Å². The molecular weight excluding hydrogens is 904 g/mol. The van der Waals surface area contributed by atoms with E-state index in [4.69, 9.17) is 4.42 Å². The van der Waals surface area contributed by atoms with Gasteiger partial charge in [0.05, 0.1) is 26.3 Å². The number of Topliss-reactive ketones (excluding diaryl/α,β-unsaturated/α-hetero) is 6. The first-order valence-corrected chi connectivity index (χ1v) is 24.4. The van der Waals surface area contributed by atoms with E-state index in [1.807, 2.05) is 42.5 Å². The van der Waals surface area contributed by atoms with Crippen LogP contribution in [-0.4, -0.2) is 54.6 Å². The summed E-state index contributed by atoms with van der Waals surface area (Å²) >= 11 is 1.70. The Hall–Kier alpha value is -7.12. The lowest BCUT2D eigenvalue weighted by molar-refractivity contribution is -0.116. The van der Waals surface area contributed by atoms with Gasteiger partial charge in [0.15, 0.2) is 46.2 Å². The average molecular weight is 961 g/mol. The van der Waals surface area contributed by atoms with Gasteiger partial charge in [0.1, 0.15) is 17.2 Å². The molecule has 0 fully saturated rings. The van der Waals surface area contributed by atoms with Crippen molar-refractivity contribution in [3.63, 3.8) is 0 Å². The van der Waals surface area contributed by atoms with Crippen LogP contribution in [0.4, 0.5) is 4.39 Å². The zero-order chi connectivity index (χ0) is 50.6. The molecular formula is C57H57FN4O7S. The van der Waals surface area contributed by atoms with E-state index in [-0.39, 0.29) is 40.5 Å². The summed E-state index contributed by atoms with van der Waals surface area (Å²) in [6.07, 6.45) is 6.11. The third kappa shape index (κ3) is 10.8. The number of nitrogens with zero attached hydrogens (tertiary/aromatic N) is 3. The fourth-order valence-corrected chi connectivity index (χ4v) is 9.85. The van der Waals surface area contributed by atoms with Crippen LogP contribution >= 0.6 is 11.3 Å². The van der Waals surface area contributed by atoms with Gasteiger partial charge < -0.3 is 9.40 Å². The molecule has 9 rings (SSSR count). The molecule has 3 heterocycles. The number of halogens is 1. The van der Waals surface area contributed by atoms with Gasteiger partial charge >= 0.3 is 0 Å². The number of aryl methyl sites for hydroxylation is 3. The van der Waals surface area contributed by atoms with E-state index >= 15 is 0 Å². The van der Waals surface area contributed by atoms with E-state index in [2.05, 4.69) is 26.0 Å². The standard InChI is InChI=1S/C19H19FN2O2.C19H19NO3.C19H19NO2S/c1-10-11(2)19(24)14(12(3)18(10)23)5-4-6-17-21-15-8-7-13(20)9-16(15)22-17;2*1-11-12(2)19(22)14(13(3)18(11)21)7-6-10-17-20-15-8-4-5-9-16(15)23-17/h7-9H,4-6H2,1-3H3,(H,21,22);2*4-5,8-9H,6-7,10H2,1-3H3. The monoisotopic (exact) mass is 960 g/mol. The quantitative estimate of drug-likeness (QED) is 0.116. The van der Waals surface area contributed by atoms with Crippen LogP contribution in [0.15, 0.2) is 138 Å². The van der Waals surface area contributed by atoms with Crippen molar-refractivity contribution in [2.45, 2.75) is 120 Å². The summed E-state index contributed by atoms with van der Waals surface area (Å²) in [7, 11) is 0. The van der Waals surface area contributed by atoms with Crippen molar-refractivity contribution in [1.29, 1.82) is 0 Å². The average Bonchev–Trinajstić information content (AvgIpc) is 4.10. The lowest BCUT2D eigenvalue weighted by Crippen LogP contribution is -2.20. The topological polar surface area (TPSA) is 170 Å². The number of allylic oxidation sites excluding steroid dienone is 12. The number of hydrogen-bond acceptors (Lipinski definition) is 11. The summed E-state index contributed by atoms with van der Waals surface area (Å²) in [5, 5.41) is 1.09. The Balaban J connectivity index is 0.000000155. The molecule has 13 heteroatoms. The number of oxazole rings is 1. The molecule has 11 nitrogen and oxygen atoms in total. The maximum Gasteiger partial charge on any atom is 0.195 e. The minimum absolute atomic E-state index is 0.00262. The molecule has 3 aromatic carbocycles. The molecule has 6 aromatic rings. The SMILES string of the molecule is CC1=C(C)C(=O)C(CCCc2nc3ccc(F)cc3[nH]2)=C(C)C1=O.CC1=C(C)C(=O)C(CCCc2nc3ccccc3o2)=C(C)C1=O.CC1=C(C)C(=O)C(CCCc2nc3ccccc3s2)=C(C)C1=O. The maximum absolute atomic E-state index is 13.2. The fraction of sp³-hybridized carbons (Fsp3) is 0.316. The molecule has 1 N–H and O–H groups in total. The second-order valence-corrected chi connectivity index (χ2v) is 19.2. The van der Waals surface area contributed by atoms with Gasteiger partial charge in [-0.3, -0.25) is 28.8 Å². The Morgan fingerprint density at radius 1 is 0.471 bits per heavy atom. The second-order valence-electron chi connectivity index (χ2n) is 18.1. The number of fused-ring (bicyclic) bond motifs is 3. The van der Waals surface area contributed by atoms with Gasteiger partial charge in [-0.05, 0) is 150 Å². The van der Waals surface area contributed by atoms with Gasteiger partial charge in [0.2, 0.25) is 0 Å². The molecule has 70 heavy (non-hydrogen) atoms. The summed E-state index contributed by atoms with van der Waals surface area (Å²) in [6.45, 7) is 15.5. The first kappa shape index (κ1) is 50.7. The molecule has 0 saturated heterocycles. The highest BCUT2D eigenvalue weighted by Crippen LogP contribution is 2.31. The number of carbonyl (C=O) groups excluding carboxylic acids is 6. The van der Waals surface area contributed by atoms with Crippen molar-refractivity contribution in [1.82, 2.24) is 19.9 Å². The highest BCUT2D eigenvalue weighted by molar-refractivity contribution is 7.18. The van der Waals surface area contributed by atoms with Gasteiger partial charge in [-0.15, -0.1) is 11.3 Å². The van der Waals surface area contributed by atoms with Crippen LogP contribution in [0.3, 0.4) is 0 Å². The van der Waals surface area contributed by atoms with Gasteiger partial charge in [0.25, 0.3) is 0 Å². The molecule has 360 valence electrons. The van der Waals surface area contributed by atoms with Crippen molar-refractivity contribution in [3.05, 3.63) is 156 Å². The van der Waals surface area contributed by atoms with Crippen molar-refractivity contribution < 1.29 is 37.6 Å². The number of carbonyl (C=O) groups is 6. The van der Waals surface area contributed by atoms with Crippen LogP contribution in [0.25, 0.3) is 32.3 Å². The summed E-state index contributed by atoms with van der Waals surface area (Å²) in [5.41, 5.74) is 11.1. The summed E-state index contributed by atoms with van der Waals surface area (Å²) in [4.78, 5) is 90.2. The maximum atomic E-state index is 13.2. The van der Waals surface area contributed by atoms with Crippen molar-refractivity contribution in [3.8, 4) is 0 Å². The number of thiazole rings is 1. The molecule has 3 aliphatic carbocycles. The van der Waals surface area contributed by atoms with Crippen LogP contribution in [-0.2, 0) is 48.0 Å². The first-order chi connectivity index (χ1) is 33.4. The summed E-state index contributed by atoms with van der Waals surface area (Å²) in [5.74, 6) is 1.08. The largest absolute Gasteiger partial charge is 0.441 e. The Labute approximate surface area is 410 Å². The Kier molecular flexibility index (Phi) is 15.7. The first-order valence-electron chi connectivity index (χ1n) is 23.6. The molecule has 0 bridgehead atoms. The molecule has 3 aliphatic rings. The highest BCUT2D eigenvalue weighted by atomic mass is 32.1. The number of nitrogens with one attached hydrogen (secondary N) is 1. The zero-order valence-electron chi connectivity index (χ0n) is 41.2. The van der Waals surface area contributed by atoms with Gasteiger partial charge in [-0.2, -0.15) is 0 Å². The Morgan fingerprint density at radius 2 is 0.943 bits per heavy atom. The molecule has 0 amide bonds. The number of imidazole rings is 1. The van der Waals surface area contributed by atoms with Crippen LogP contribution in [0.2, 0.25) is 0 Å². The van der Waals surface area contributed by atoms with Gasteiger partial charge in [-0.25, -0.2) is 19.3 Å². The number of rotatable bonds is 12.